The van der Waals surface area contributed by atoms with Gasteiger partial charge in [0.1, 0.15) is 11.1 Å². The van der Waals surface area contributed by atoms with E-state index in [-0.39, 0.29) is 16.6 Å². The van der Waals surface area contributed by atoms with E-state index in [4.69, 9.17) is 16.3 Å². The highest BCUT2D eigenvalue weighted by molar-refractivity contribution is 6.33. The van der Waals surface area contributed by atoms with E-state index >= 15 is 0 Å². The number of hydrogen-bond donors (Lipinski definition) is 2. The Hall–Kier alpha value is -1.70. The second kappa shape index (κ2) is 5.96. The van der Waals surface area contributed by atoms with Gasteiger partial charge in [-0.1, -0.05) is 11.6 Å². The van der Waals surface area contributed by atoms with Gasteiger partial charge in [0, 0.05) is 24.8 Å². The molecule has 0 radical (unpaired) electrons. The highest BCUT2D eigenvalue weighted by Gasteiger charge is 2.22. The van der Waals surface area contributed by atoms with Gasteiger partial charge in [-0.3, -0.25) is 14.9 Å². The van der Waals surface area contributed by atoms with Gasteiger partial charge < -0.3 is 15.4 Å². The van der Waals surface area contributed by atoms with Crippen LogP contribution < -0.4 is 10.6 Å². The van der Waals surface area contributed by atoms with Crippen LogP contribution in [0.1, 0.15) is 0 Å². The van der Waals surface area contributed by atoms with Crippen molar-refractivity contribution in [1.82, 2.24) is 5.32 Å². The Morgan fingerprint density at radius 2 is 2.37 bits per heavy atom. The number of nitrogens with zero attached hydrogens (tertiary/aromatic N) is 1. The average molecular weight is 286 g/mol. The van der Waals surface area contributed by atoms with Gasteiger partial charge in [-0.25, -0.2) is 0 Å². The number of rotatable bonds is 3. The van der Waals surface area contributed by atoms with Crippen LogP contribution in [0.3, 0.4) is 0 Å². The topological polar surface area (TPSA) is 93.5 Å². The third-order valence-electron chi connectivity index (χ3n) is 2.63. The Labute approximate surface area is 114 Å². The Morgan fingerprint density at radius 1 is 1.58 bits per heavy atom. The average Bonchev–Trinajstić information content (AvgIpc) is 2.39. The number of anilines is 1. The maximum atomic E-state index is 11.8. The molecule has 1 amide bonds. The van der Waals surface area contributed by atoms with E-state index in [9.17, 15) is 14.9 Å². The minimum Gasteiger partial charge on any atom is -0.366 e. The van der Waals surface area contributed by atoms with Gasteiger partial charge in [0.05, 0.1) is 11.5 Å². The molecule has 2 N–H and O–H groups in total. The number of carbonyl (C=O) groups is 1. The third-order valence-corrected chi connectivity index (χ3v) is 2.93. The molecule has 7 nitrogen and oxygen atoms in total. The first-order valence-corrected chi connectivity index (χ1v) is 6.03. The van der Waals surface area contributed by atoms with Gasteiger partial charge in [-0.2, -0.15) is 0 Å². The van der Waals surface area contributed by atoms with Gasteiger partial charge in [0.2, 0.25) is 0 Å². The Balaban J connectivity index is 2.04. The zero-order valence-corrected chi connectivity index (χ0v) is 10.6. The molecule has 1 aliphatic rings. The van der Waals surface area contributed by atoms with Crippen molar-refractivity contribution in [2.75, 3.05) is 25.0 Å². The van der Waals surface area contributed by atoms with E-state index in [0.717, 1.165) is 0 Å². The highest BCUT2D eigenvalue weighted by atomic mass is 35.5. The van der Waals surface area contributed by atoms with Crippen molar-refractivity contribution in [3.8, 4) is 0 Å². The highest BCUT2D eigenvalue weighted by Crippen LogP contribution is 2.27. The third kappa shape index (κ3) is 3.40. The molecule has 8 heteroatoms. The summed E-state index contributed by atoms with van der Waals surface area (Å²) in [6, 6.07) is 4.02. The summed E-state index contributed by atoms with van der Waals surface area (Å²) in [5.74, 6) is -0.308. The molecule has 102 valence electrons. The molecule has 0 bridgehead atoms. The fourth-order valence-corrected chi connectivity index (χ4v) is 1.94. The van der Waals surface area contributed by atoms with Crippen LogP contribution in [0.2, 0.25) is 5.02 Å². The summed E-state index contributed by atoms with van der Waals surface area (Å²) >= 11 is 5.76. The molecule has 1 aliphatic heterocycles. The van der Waals surface area contributed by atoms with E-state index < -0.39 is 11.0 Å². The summed E-state index contributed by atoms with van der Waals surface area (Å²) < 4.78 is 5.29. The maximum Gasteiger partial charge on any atom is 0.288 e. The molecule has 0 aromatic heterocycles. The fourth-order valence-electron chi connectivity index (χ4n) is 1.69. The fraction of sp³-hybridized carbons (Fsp3) is 0.364. The quantitative estimate of drug-likeness (QED) is 0.642. The lowest BCUT2D eigenvalue weighted by molar-refractivity contribution is -0.384. The summed E-state index contributed by atoms with van der Waals surface area (Å²) in [5, 5.41) is 16.2. The smallest absolute Gasteiger partial charge is 0.288 e. The first-order chi connectivity index (χ1) is 9.08. The van der Waals surface area contributed by atoms with Crippen molar-refractivity contribution in [2.24, 2.45) is 0 Å². The lowest BCUT2D eigenvalue weighted by Crippen LogP contribution is -2.45. The van der Waals surface area contributed by atoms with Crippen LogP contribution in [0.25, 0.3) is 0 Å². The number of nitrogens with one attached hydrogen (secondary N) is 2. The van der Waals surface area contributed by atoms with Crippen LogP contribution in [-0.2, 0) is 9.53 Å². The molecule has 1 aromatic carbocycles. The molecule has 1 aromatic rings. The van der Waals surface area contributed by atoms with Crippen molar-refractivity contribution in [1.29, 1.82) is 0 Å². The largest absolute Gasteiger partial charge is 0.366 e. The number of ether oxygens (including phenoxy) is 1. The van der Waals surface area contributed by atoms with Crippen LogP contribution in [0.5, 0.6) is 0 Å². The molecule has 1 fully saturated rings. The lowest BCUT2D eigenvalue weighted by atomic mass is 10.2. The van der Waals surface area contributed by atoms with Crippen LogP contribution in [0, 0.1) is 10.1 Å². The first-order valence-electron chi connectivity index (χ1n) is 5.65. The number of amides is 1. The Bertz CT molecular complexity index is 503. The Kier molecular flexibility index (Phi) is 4.31. The molecule has 0 saturated carbocycles. The van der Waals surface area contributed by atoms with E-state index in [2.05, 4.69) is 10.6 Å². The van der Waals surface area contributed by atoms with Crippen LogP contribution >= 0.6 is 11.6 Å². The van der Waals surface area contributed by atoms with Crippen molar-refractivity contribution in [3.05, 3.63) is 33.3 Å². The van der Waals surface area contributed by atoms with E-state index in [1.807, 2.05) is 0 Å². The molecule has 0 spiro atoms. The van der Waals surface area contributed by atoms with Crippen molar-refractivity contribution in [2.45, 2.75) is 6.10 Å². The van der Waals surface area contributed by atoms with Gasteiger partial charge >= 0.3 is 0 Å². The van der Waals surface area contributed by atoms with Crippen molar-refractivity contribution in [3.63, 3.8) is 0 Å². The maximum absolute atomic E-state index is 11.8. The predicted octanol–water partition coefficient (Wildman–Crippen LogP) is 1.18. The Morgan fingerprint density at radius 3 is 2.95 bits per heavy atom. The van der Waals surface area contributed by atoms with Gasteiger partial charge in [0.25, 0.3) is 11.6 Å². The molecular formula is C11H12ClN3O4. The van der Waals surface area contributed by atoms with Gasteiger partial charge in [0.15, 0.2) is 0 Å². The number of halogens is 1. The van der Waals surface area contributed by atoms with Crippen LogP contribution in [-0.4, -0.2) is 36.6 Å². The van der Waals surface area contributed by atoms with E-state index in [0.29, 0.717) is 25.4 Å². The zero-order valence-electron chi connectivity index (χ0n) is 9.89. The van der Waals surface area contributed by atoms with Crippen LogP contribution in [0.4, 0.5) is 11.4 Å². The summed E-state index contributed by atoms with van der Waals surface area (Å²) in [7, 11) is 0. The second-order valence-corrected chi connectivity index (χ2v) is 4.38. The molecule has 19 heavy (non-hydrogen) atoms. The summed E-state index contributed by atoms with van der Waals surface area (Å²) in [4.78, 5) is 21.9. The SMILES string of the molecule is O=C(Nc1ccc([N+](=O)[O-])c(Cl)c1)C1CNCCO1. The number of hydrogen-bond acceptors (Lipinski definition) is 5. The number of nitro groups is 1. The predicted molar refractivity (Wildman–Crippen MR) is 69.3 cm³/mol. The van der Waals surface area contributed by atoms with Gasteiger partial charge in [-0.15, -0.1) is 0 Å². The standard InChI is InChI=1S/C11H12ClN3O4/c12-8-5-7(1-2-9(8)15(17)18)14-11(16)10-6-13-3-4-19-10/h1-2,5,10,13H,3-4,6H2,(H,14,16). The molecule has 0 aliphatic carbocycles. The van der Waals surface area contributed by atoms with Crippen molar-refractivity contribution < 1.29 is 14.5 Å². The van der Waals surface area contributed by atoms with Crippen LogP contribution in [0.15, 0.2) is 18.2 Å². The zero-order chi connectivity index (χ0) is 13.8. The number of benzene rings is 1. The number of carbonyl (C=O) groups excluding carboxylic acids is 1. The van der Waals surface area contributed by atoms with Crippen molar-refractivity contribution >= 4 is 28.9 Å². The summed E-state index contributed by atoms with van der Waals surface area (Å²) in [6.45, 7) is 1.62. The van der Waals surface area contributed by atoms with E-state index in [1.54, 1.807) is 0 Å². The first kappa shape index (κ1) is 13.7. The molecule has 1 unspecified atom stereocenters. The summed E-state index contributed by atoms with van der Waals surface area (Å²) in [5.41, 5.74) is 0.199. The summed E-state index contributed by atoms with van der Waals surface area (Å²) in [6.07, 6.45) is -0.567. The molecule has 1 saturated heterocycles. The normalized spacial score (nSPS) is 18.9. The minimum atomic E-state index is -0.581. The molecule has 1 heterocycles. The molecule has 1 atom stereocenters. The minimum absolute atomic E-state index is 0.0227. The van der Waals surface area contributed by atoms with Gasteiger partial charge in [-0.05, 0) is 12.1 Å². The second-order valence-electron chi connectivity index (χ2n) is 3.98. The molecule has 2 rings (SSSR count). The number of morpholine rings is 1. The molecular weight excluding hydrogens is 274 g/mol. The van der Waals surface area contributed by atoms with E-state index in [1.165, 1.54) is 18.2 Å². The monoisotopic (exact) mass is 285 g/mol. The lowest BCUT2D eigenvalue weighted by Gasteiger charge is -2.22. The number of nitro benzene ring substituents is 1.